The average Bonchev–Trinajstić information content (AvgIpc) is 2.52. The molecule has 0 heterocycles. The van der Waals surface area contributed by atoms with Crippen LogP contribution in [0.25, 0.3) is 0 Å². The van der Waals surface area contributed by atoms with Crippen molar-refractivity contribution >= 4 is 22.8 Å². The van der Waals surface area contributed by atoms with Gasteiger partial charge in [-0.2, -0.15) is 0 Å². The van der Waals surface area contributed by atoms with Gasteiger partial charge in [0.15, 0.2) is 0 Å². The van der Waals surface area contributed by atoms with Crippen LogP contribution in [-0.2, 0) is 22.0 Å². The van der Waals surface area contributed by atoms with Gasteiger partial charge in [0.2, 0.25) is 0 Å². The van der Waals surface area contributed by atoms with Crippen molar-refractivity contribution in [2.24, 2.45) is 0 Å². The molecule has 1 aromatic carbocycles. The second-order valence-electron chi connectivity index (χ2n) is 6.64. The first-order chi connectivity index (χ1) is 11.9. The molecule has 138 valence electrons. The van der Waals surface area contributed by atoms with Gasteiger partial charge in [0, 0.05) is 36.1 Å². The SMILES string of the molecule is CS(=O)C1(CNC(=O)NC(CCC(=O)O)Cc2ccccc2)CCC1. The van der Waals surface area contributed by atoms with E-state index in [0.29, 0.717) is 19.4 Å². The Morgan fingerprint density at radius 3 is 2.48 bits per heavy atom. The summed E-state index contributed by atoms with van der Waals surface area (Å²) in [6, 6.07) is 9.07. The highest BCUT2D eigenvalue weighted by molar-refractivity contribution is 7.85. The maximum absolute atomic E-state index is 12.2. The van der Waals surface area contributed by atoms with Crippen LogP contribution in [0.15, 0.2) is 30.3 Å². The first-order valence-corrected chi connectivity index (χ1v) is 10.1. The number of hydrogen-bond donors (Lipinski definition) is 3. The lowest BCUT2D eigenvalue weighted by Gasteiger charge is -2.39. The van der Waals surface area contributed by atoms with Gasteiger partial charge in [0.25, 0.3) is 0 Å². The molecule has 0 saturated heterocycles. The molecule has 7 heteroatoms. The summed E-state index contributed by atoms with van der Waals surface area (Å²) in [6.45, 7) is 0.388. The number of hydrogen-bond acceptors (Lipinski definition) is 3. The number of benzene rings is 1. The minimum atomic E-state index is -0.973. The predicted molar refractivity (Wildman–Crippen MR) is 98.0 cm³/mol. The Morgan fingerprint density at radius 2 is 1.96 bits per heavy atom. The number of aliphatic carboxylic acids is 1. The van der Waals surface area contributed by atoms with Crippen molar-refractivity contribution in [1.82, 2.24) is 10.6 Å². The quantitative estimate of drug-likeness (QED) is 0.623. The van der Waals surface area contributed by atoms with Crippen molar-refractivity contribution in [3.63, 3.8) is 0 Å². The number of carbonyl (C=O) groups is 2. The molecule has 2 atom stereocenters. The molecule has 0 spiro atoms. The molecule has 1 aromatic rings. The third-order valence-electron chi connectivity index (χ3n) is 4.81. The summed E-state index contributed by atoms with van der Waals surface area (Å²) in [5, 5.41) is 14.6. The number of carbonyl (C=O) groups excluding carboxylic acids is 1. The van der Waals surface area contributed by atoms with Crippen molar-refractivity contribution in [1.29, 1.82) is 0 Å². The van der Waals surface area contributed by atoms with Gasteiger partial charge in [-0.05, 0) is 31.2 Å². The topological polar surface area (TPSA) is 95.5 Å². The fraction of sp³-hybridized carbons (Fsp3) is 0.556. The van der Waals surface area contributed by atoms with Crippen LogP contribution in [0, 0.1) is 0 Å². The third kappa shape index (κ3) is 5.85. The molecular formula is C18H26N2O4S. The molecule has 1 saturated carbocycles. The van der Waals surface area contributed by atoms with E-state index in [-0.39, 0.29) is 23.2 Å². The van der Waals surface area contributed by atoms with Gasteiger partial charge < -0.3 is 15.7 Å². The molecule has 0 aliphatic heterocycles. The van der Waals surface area contributed by atoms with Crippen molar-refractivity contribution in [3.05, 3.63) is 35.9 Å². The molecule has 6 nitrogen and oxygen atoms in total. The van der Waals surface area contributed by atoms with Crippen LogP contribution in [0.1, 0.15) is 37.7 Å². The summed E-state index contributed by atoms with van der Waals surface area (Å²) < 4.78 is 11.6. The van der Waals surface area contributed by atoms with E-state index < -0.39 is 16.8 Å². The Kier molecular flexibility index (Phi) is 6.99. The molecule has 0 radical (unpaired) electrons. The van der Waals surface area contributed by atoms with Crippen LogP contribution >= 0.6 is 0 Å². The van der Waals surface area contributed by atoms with Crippen LogP contribution in [0.4, 0.5) is 4.79 Å². The van der Waals surface area contributed by atoms with Crippen molar-refractivity contribution in [2.45, 2.75) is 49.3 Å². The normalized spacial score (nSPS) is 17.8. The van der Waals surface area contributed by atoms with Gasteiger partial charge in [-0.3, -0.25) is 9.00 Å². The molecular weight excluding hydrogens is 340 g/mol. The first-order valence-electron chi connectivity index (χ1n) is 8.55. The van der Waals surface area contributed by atoms with Crippen LogP contribution in [0.2, 0.25) is 0 Å². The van der Waals surface area contributed by atoms with E-state index in [0.717, 1.165) is 24.8 Å². The zero-order chi connectivity index (χ0) is 18.3. The van der Waals surface area contributed by atoms with Crippen molar-refractivity contribution < 1.29 is 18.9 Å². The van der Waals surface area contributed by atoms with Gasteiger partial charge in [-0.25, -0.2) is 4.79 Å². The molecule has 2 amide bonds. The second-order valence-corrected chi connectivity index (χ2v) is 8.41. The molecule has 1 aliphatic rings. The summed E-state index contributed by atoms with van der Waals surface area (Å²) in [5.41, 5.74) is 1.04. The van der Waals surface area contributed by atoms with Crippen LogP contribution < -0.4 is 10.6 Å². The van der Waals surface area contributed by atoms with E-state index in [4.69, 9.17) is 5.11 Å². The number of carboxylic acids is 1. The zero-order valence-corrected chi connectivity index (χ0v) is 15.3. The maximum Gasteiger partial charge on any atom is 0.315 e. The highest BCUT2D eigenvalue weighted by atomic mass is 32.2. The molecule has 2 unspecified atom stereocenters. The maximum atomic E-state index is 12.2. The van der Waals surface area contributed by atoms with E-state index in [1.165, 1.54) is 0 Å². The standard InChI is InChI=1S/C18H26N2O4S/c1-25(24)18(10-5-11-18)13-19-17(23)20-15(8-9-16(21)22)12-14-6-3-2-4-7-14/h2-4,6-7,15H,5,8-13H2,1H3,(H,21,22)(H2,19,20,23). The van der Waals surface area contributed by atoms with E-state index in [2.05, 4.69) is 10.6 Å². The molecule has 1 fully saturated rings. The van der Waals surface area contributed by atoms with E-state index in [9.17, 15) is 13.8 Å². The first kappa shape index (κ1) is 19.4. The number of urea groups is 1. The summed E-state index contributed by atoms with van der Waals surface area (Å²) in [5.74, 6) is -0.880. The van der Waals surface area contributed by atoms with E-state index >= 15 is 0 Å². The molecule has 2 rings (SSSR count). The molecule has 25 heavy (non-hydrogen) atoms. The lowest BCUT2D eigenvalue weighted by atomic mass is 9.84. The Hall–Kier alpha value is -1.89. The number of carboxylic acid groups (broad SMARTS) is 1. The number of rotatable bonds is 9. The summed E-state index contributed by atoms with van der Waals surface area (Å²) in [6.07, 6.45) is 5.39. The van der Waals surface area contributed by atoms with Gasteiger partial charge >= 0.3 is 12.0 Å². The average molecular weight is 366 g/mol. The lowest BCUT2D eigenvalue weighted by molar-refractivity contribution is -0.137. The lowest BCUT2D eigenvalue weighted by Crippen LogP contribution is -2.53. The van der Waals surface area contributed by atoms with Crippen LogP contribution in [-0.4, -0.2) is 44.9 Å². The Balaban J connectivity index is 1.89. The highest BCUT2D eigenvalue weighted by Gasteiger charge is 2.41. The Labute approximate surface area is 150 Å². The molecule has 0 bridgehead atoms. The summed E-state index contributed by atoms with van der Waals surface area (Å²) >= 11 is 0. The largest absolute Gasteiger partial charge is 0.481 e. The molecule has 1 aliphatic carbocycles. The minimum absolute atomic E-state index is 0.000689. The molecule has 3 N–H and O–H groups in total. The predicted octanol–water partition coefficient (Wildman–Crippen LogP) is 2.06. The third-order valence-corrected chi connectivity index (χ3v) is 6.58. The summed E-state index contributed by atoms with van der Waals surface area (Å²) in [4.78, 5) is 23.1. The smallest absolute Gasteiger partial charge is 0.315 e. The highest BCUT2D eigenvalue weighted by Crippen LogP contribution is 2.36. The van der Waals surface area contributed by atoms with Gasteiger partial charge in [0.05, 0.1) is 4.75 Å². The van der Waals surface area contributed by atoms with Gasteiger partial charge in [0.1, 0.15) is 0 Å². The second kappa shape index (κ2) is 8.99. The monoisotopic (exact) mass is 366 g/mol. The Bertz CT molecular complexity index is 617. The number of amides is 2. The minimum Gasteiger partial charge on any atom is -0.481 e. The summed E-state index contributed by atoms with van der Waals surface area (Å²) in [7, 11) is -0.973. The molecule has 0 aromatic heterocycles. The van der Waals surface area contributed by atoms with E-state index in [1.54, 1.807) is 6.26 Å². The fourth-order valence-electron chi connectivity index (χ4n) is 3.04. The Morgan fingerprint density at radius 1 is 1.28 bits per heavy atom. The van der Waals surface area contributed by atoms with Gasteiger partial charge in [-0.1, -0.05) is 36.8 Å². The number of nitrogens with one attached hydrogen (secondary N) is 2. The van der Waals surface area contributed by atoms with Crippen LogP contribution in [0.5, 0.6) is 0 Å². The zero-order valence-electron chi connectivity index (χ0n) is 14.5. The van der Waals surface area contributed by atoms with E-state index in [1.807, 2.05) is 30.3 Å². The van der Waals surface area contributed by atoms with Crippen LogP contribution in [0.3, 0.4) is 0 Å². The van der Waals surface area contributed by atoms with Crippen molar-refractivity contribution in [2.75, 3.05) is 12.8 Å². The van der Waals surface area contributed by atoms with Gasteiger partial charge in [-0.15, -0.1) is 0 Å². The van der Waals surface area contributed by atoms with Crippen molar-refractivity contribution in [3.8, 4) is 0 Å². The fourth-order valence-corrected chi connectivity index (χ4v) is 4.18.